The second-order valence-corrected chi connectivity index (χ2v) is 11.5. The molecule has 2 amide bonds. The van der Waals surface area contributed by atoms with Crippen LogP contribution in [0.15, 0.2) is 102 Å². The fourth-order valence-corrected chi connectivity index (χ4v) is 6.06. The van der Waals surface area contributed by atoms with Crippen molar-refractivity contribution in [2.24, 2.45) is 5.92 Å². The summed E-state index contributed by atoms with van der Waals surface area (Å²) >= 11 is 1.53. The summed E-state index contributed by atoms with van der Waals surface area (Å²) in [4.78, 5) is 36.8. The molecule has 0 aliphatic heterocycles. The lowest BCUT2D eigenvalue weighted by atomic mass is 9.85. The average molecular weight is 565 g/mol. The van der Waals surface area contributed by atoms with E-state index in [2.05, 4.69) is 17.5 Å². The van der Waals surface area contributed by atoms with Crippen LogP contribution in [-0.4, -0.2) is 41.8 Å². The first-order valence-electron chi connectivity index (χ1n) is 14.0. The summed E-state index contributed by atoms with van der Waals surface area (Å²) in [5, 5.41) is 5.96. The molecule has 1 aromatic heterocycles. The number of carbonyl (C=O) groups excluding carboxylic acids is 2. The smallest absolute Gasteiger partial charge is 0.247 e. The maximum absolute atomic E-state index is 14.1. The van der Waals surface area contributed by atoms with E-state index in [1.54, 1.807) is 4.90 Å². The first-order chi connectivity index (χ1) is 20.0. The Balaban J connectivity index is 1.46. The third-order valence-electron chi connectivity index (χ3n) is 7.46. The lowest BCUT2D eigenvalue weighted by Gasteiger charge is -2.36. The number of nitrogens with zero attached hydrogens (tertiary/aromatic N) is 3. The number of rotatable bonds is 10. The van der Waals surface area contributed by atoms with Gasteiger partial charge in [-0.2, -0.15) is 0 Å². The summed E-state index contributed by atoms with van der Waals surface area (Å²) < 4.78 is 0. The van der Waals surface area contributed by atoms with Gasteiger partial charge in [0.05, 0.1) is 18.7 Å². The van der Waals surface area contributed by atoms with E-state index in [0.717, 1.165) is 46.8 Å². The minimum Gasteiger partial charge on any atom is -0.378 e. The van der Waals surface area contributed by atoms with E-state index >= 15 is 0 Å². The molecule has 5 rings (SSSR count). The van der Waals surface area contributed by atoms with Crippen LogP contribution in [0, 0.1) is 5.92 Å². The molecule has 6 nitrogen and oxygen atoms in total. The van der Waals surface area contributed by atoms with Gasteiger partial charge in [-0.3, -0.25) is 9.59 Å². The Bertz CT molecular complexity index is 1470. The minimum atomic E-state index is -0.631. The van der Waals surface area contributed by atoms with Crippen molar-refractivity contribution < 1.29 is 9.59 Å². The molecule has 2 atom stereocenters. The molecule has 0 bridgehead atoms. The lowest BCUT2D eigenvalue weighted by Crippen LogP contribution is -2.51. The van der Waals surface area contributed by atoms with Crippen molar-refractivity contribution in [3.05, 3.63) is 113 Å². The van der Waals surface area contributed by atoms with Crippen molar-refractivity contribution in [2.45, 2.75) is 38.3 Å². The van der Waals surface area contributed by atoms with Gasteiger partial charge in [0.1, 0.15) is 11.0 Å². The Hall–Kier alpha value is -4.23. The molecule has 210 valence electrons. The number of allylic oxidation sites excluding steroid dienone is 2. The third kappa shape index (κ3) is 7.30. The van der Waals surface area contributed by atoms with E-state index in [9.17, 15) is 9.59 Å². The van der Waals surface area contributed by atoms with Gasteiger partial charge in [0.2, 0.25) is 11.8 Å². The average Bonchev–Trinajstić information content (AvgIpc) is 3.47. The highest BCUT2D eigenvalue weighted by molar-refractivity contribution is 7.09. The van der Waals surface area contributed by atoms with Gasteiger partial charge in [0, 0.05) is 36.4 Å². The summed E-state index contributed by atoms with van der Waals surface area (Å²) in [7, 11) is 3.97. The van der Waals surface area contributed by atoms with E-state index in [4.69, 9.17) is 4.98 Å². The van der Waals surface area contributed by atoms with E-state index in [-0.39, 0.29) is 30.7 Å². The zero-order valence-electron chi connectivity index (χ0n) is 23.6. The highest BCUT2D eigenvalue weighted by Crippen LogP contribution is 2.30. The first-order valence-corrected chi connectivity index (χ1v) is 14.9. The highest BCUT2D eigenvalue weighted by Gasteiger charge is 2.37. The largest absolute Gasteiger partial charge is 0.378 e. The standard InChI is InChI=1S/C34H36N4O2S/c1-37(2)29-20-18-28(19-21-29)35-34(40)33(27-16-10-5-11-17-27)38(32(39)22-25-12-6-3-7-13-25)23-31-36-30(24-41-31)26-14-8-4-9-15-26/h3-10,12-15,18-21,24,27,33H,11,16-17,22-23H2,1-2H3,(H,35,40). The normalized spacial score (nSPS) is 15.2. The molecule has 1 N–H and O–H groups in total. The fourth-order valence-electron chi connectivity index (χ4n) is 5.26. The predicted molar refractivity (Wildman–Crippen MR) is 168 cm³/mol. The molecule has 2 unspecified atom stereocenters. The van der Waals surface area contributed by atoms with Gasteiger partial charge in [-0.25, -0.2) is 4.98 Å². The SMILES string of the molecule is CN(C)c1ccc(NC(=O)C(C2CC=CCC2)N(Cc2nc(-c3ccccc3)cs2)C(=O)Cc2ccccc2)cc1. The molecule has 0 saturated carbocycles. The van der Waals surface area contributed by atoms with Crippen LogP contribution in [0.1, 0.15) is 29.8 Å². The molecule has 41 heavy (non-hydrogen) atoms. The maximum Gasteiger partial charge on any atom is 0.247 e. The summed E-state index contributed by atoms with van der Waals surface area (Å²) in [5.74, 6) is -0.233. The number of anilines is 2. The summed E-state index contributed by atoms with van der Waals surface area (Å²) in [5.41, 5.74) is 4.60. The zero-order valence-corrected chi connectivity index (χ0v) is 24.4. The van der Waals surface area contributed by atoms with Crippen LogP contribution in [-0.2, 0) is 22.6 Å². The molecule has 1 aliphatic rings. The Labute approximate surface area is 246 Å². The van der Waals surface area contributed by atoms with Crippen molar-refractivity contribution >= 4 is 34.5 Å². The van der Waals surface area contributed by atoms with Crippen LogP contribution >= 0.6 is 11.3 Å². The Morgan fingerprint density at radius 3 is 2.32 bits per heavy atom. The summed E-state index contributed by atoms with van der Waals surface area (Å²) in [6, 6.07) is 26.9. The number of nitrogens with one attached hydrogen (secondary N) is 1. The maximum atomic E-state index is 14.1. The quantitative estimate of drug-likeness (QED) is 0.215. The molecule has 0 radical (unpaired) electrons. The van der Waals surface area contributed by atoms with E-state index in [1.807, 2.05) is 109 Å². The topological polar surface area (TPSA) is 65.5 Å². The molecule has 1 aliphatic carbocycles. The molecule has 4 aromatic rings. The molecule has 3 aromatic carbocycles. The first kappa shape index (κ1) is 28.3. The van der Waals surface area contributed by atoms with Gasteiger partial charge >= 0.3 is 0 Å². The molecule has 0 spiro atoms. The number of hydrogen-bond donors (Lipinski definition) is 1. The number of amides is 2. The van der Waals surface area contributed by atoms with Crippen LogP contribution in [0.2, 0.25) is 0 Å². The Kier molecular flexibility index (Phi) is 9.26. The third-order valence-corrected chi connectivity index (χ3v) is 8.29. The lowest BCUT2D eigenvalue weighted by molar-refractivity contribution is -0.141. The van der Waals surface area contributed by atoms with Crippen molar-refractivity contribution in [3.8, 4) is 11.3 Å². The van der Waals surface area contributed by atoms with Crippen LogP contribution < -0.4 is 10.2 Å². The predicted octanol–water partition coefficient (Wildman–Crippen LogP) is 6.81. The van der Waals surface area contributed by atoms with Gasteiger partial charge in [-0.15, -0.1) is 11.3 Å². The molecular weight excluding hydrogens is 528 g/mol. The Morgan fingerprint density at radius 1 is 0.951 bits per heavy atom. The van der Waals surface area contributed by atoms with Crippen molar-refractivity contribution in [2.75, 3.05) is 24.3 Å². The van der Waals surface area contributed by atoms with E-state index in [0.29, 0.717) is 5.69 Å². The van der Waals surface area contributed by atoms with Crippen molar-refractivity contribution in [1.29, 1.82) is 0 Å². The number of thiazole rings is 1. The van der Waals surface area contributed by atoms with Crippen LogP contribution in [0.4, 0.5) is 11.4 Å². The molecule has 0 fully saturated rings. The van der Waals surface area contributed by atoms with Crippen molar-refractivity contribution in [1.82, 2.24) is 9.88 Å². The van der Waals surface area contributed by atoms with Crippen molar-refractivity contribution in [3.63, 3.8) is 0 Å². The fraction of sp³-hybridized carbons (Fsp3) is 0.265. The van der Waals surface area contributed by atoms with Gasteiger partial charge in [-0.1, -0.05) is 72.8 Å². The van der Waals surface area contributed by atoms with Crippen LogP contribution in [0.3, 0.4) is 0 Å². The Morgan fingerprint density at radius 2 is 1.66 bits per heavy atom. The van der Waals surface area contributed by atoms with Gasteiger partial charge in [-0.05, 0) is 55.0 Å². The van der Waals surface area contributed by atoms with E-state index < -0.39 is 6.04 Å². The van der Waals surface area contributed by atoms with Crippen LogP contribution in [0.25, 0.3) is 11.3 Å². The zero-order chi connectivity index (χ0) is 28.6. The molecule has 7 heteroatoms. The monoisotopic (exact) mass is 564 g/mol. The second-order valence-electron chi connectivity index (χ2n) is 10.6. The molecule has 1 heterocycles. The van der Waals surface area contributed by atoms with Crippen LogP contribution in [0.5, 0.6) is 0 Å². The number of hydrogen-bond acceptors (Lipinski definition) is 5. The van der Waals surface area contributed by atoms with E-state index in [1.165, 1.54) is 11.3 Å². The molecular formula is C34H36N4O2S. The number of carbonyl (C=O) groups is 2. The van der Waals surface area contributed by atoms with Gasteiger partial charge < -0.3 is 15.1 Å². The summed E-state index contributed by atoms with van der Waals surface area (Å²) in [6.07, 6.45) is 7.01. The minimum absolute atomic E-state index is 0.00864. The molecule has 0 saturated heterocycles. The second kappa shape index (κ2) is 13.4. The number of aromatic nitrogens is 1. The van der Waals surface area contributed by atoms with Gasteiger partial charge in [0.25, 0.3) is 0 Å². The van der Waals surface area contributed by atoms with Gasteiger partial charge in [0.15, 0.2) is 0 Å². The highest BCUT2D eigenvalue weighted by atomic mass is 32.1. The number of benzene rings is 3. The summed E-state index contributed by atoms with van der Waals surface area (Å²) in [6.45, 7) is 0.279.